The maximum absolute atomic E-state index is 12.3. The lowest BCUT2D eigenvalue weighted by molar-refractivity contribution is -0.123. The Hall–Kier alpha value is -1.76. The Labute approximate surface area is 155 Å². The highest BCUT2D eigenvalue weighted by molar-refractivity contribution is 6.46. The van der Waals surface area contributed by atoms with Crippen molar-refractivity contribution in [1.29, 1.82) is 0 Å². The predicted octanol–water partition coefficient (Wildman–Crippen LogP) is 2.58. The maximum atomic E-state index is 12.3. The van der Waals surface area contributed by atoms with E-state index in [0.29, 0.717) is 39.6 Å². The summed E-state index contributed by atoms with van der Waals surface area (Å²) >= 11 is 12.7. The van der Waals surface area contributed by atoms with Crippen LogP contribution in [0.3, 0.4) is 0 Å². The van der Waals surface area contributed by atoms with Crippen LogP contribution in [-0.4, -0.2) is 34.1 Å². The molecule has 25 heavy (non-hydrogen) atoms. The zero-order chi connectivity index (χ0) is 18.5. The summed E-state index contributed by atoms with van der Waals surface area (Å²) in [4.78, 5) is 24.3. The van der Waals surface area contributed by atoms with Crippen LogP contribution >= 0.6 is 23.2 Å². The summed E-state index contributed by atoms with van der Waals surface area (Å²) in [6, 6.07) is 1.56. The third kappa shape index (κ3) is 2.88. The van der Waals surface area contributed by atoms with Gasteiger partial charge in [-0.1, -0.05) is 23.2 Å². The minimum atomic E-state index is -1.17. The second-order valence-corrected chi connectivity index (χ2v) is 7.08. The van der Waals surface area contributed by atoms with Crippen molar-refractivity contribution in [2.24, 2.45) is 7.05 Å². The van der Waals surface area contributed by atoms with Gasteiger partial charge in [0.2, 0.25) is 5.91 Å². The molecule has 1 aromatic heterocycles. The molecule has 0 fully saturated rings. The Morgan fingerprint density at radius 2 is 2.16 bits per heavy atom. The number of rotatable bonds is 2. The van der Waals surface area contributed by atoms with Gasteiger partial charge < -0.3 is 20.3 Å². The number of fused-ring (bicyclic) bond motifs is 3. The standard InChI is InChI=1S/C17H19Cl2N3O3/c1-7-12-11(4-5-20-16(7)24)22(3)15-13(12)10(6-9(18)14(15)19)21-17(25)8(2)23/h6-8,23H,4-5H2,1-3H3,(H,20,24)(H,21,25)/t7?,8-/m1/s1. The van der Waals surface area contributed by atoms with Gasteiger partial charge in [0.15, 0.2) is 0 Å². The SMILES string of the molecule is CC1C(=O)NCCc2c1c1c(NC(=O)[C@@H](C)O)cc(Cl)c(Cl)c1n2C. The number of hydrogen-bond donors (Lipinski definition) is 3. The molecule has 8 heteroatoms. The number of aliphatic hydroxyl groups is 1. The molecular formula is C17H19Cl2N3O3. The van der Waals surface area contributed by atoms with Gasteiger partial charge in [-0.25, -0.2) is 0 Å². The minimum absolute atomic E-state index is 0.0786. The van der Waals surface area contributed by atoms with Crippen LogP contribution in [0.5, 0.6) is 0 Å². The number of halogens is 2. The van der Waals surface area contributed by atoms with E-state index < -0.39 is 17.9 Å². The average molecular weight is 384 g/mol. The number of nitrogens with zero attached hydrogens (tertiary/aromatic N) is 1. The van der Waals surface area contributed by atoms with Crippen molar-refractivity contribution in [3.05, 3.63) is 27.4 Å². The fraction of sp³-hybridized carbons (Fsp3) is 0.412. The molecule has 1 aliphatic rings. The summed E-state index contributed by atoms with van der Waals surface area (Å²) in [6.07, 6.45) is -0.526. The van der Waals surface area contributed by atoms with Crippen LogP contribution in [0.2, 0.25) is 10.0 Å². The third-order valence-electron chi connectivity index (χ3n) is 4.64. The summed E-state index contributed by atoms with van der Waals surface area (Å²) in [5.74, 6) is -1.03. The number of benzene rings is 1. The topological polar surface area (TPSA) is 83.4 Å². The van der Waals surface area contributed by atoms with Crippen molar-refractivity contribution in [2.75, 3.05) is 11.9 Å². The van der Waals surface area contributed by atoms with Crippen molar-refractivity contribution in [3.8, 4) is 0 Å². The predicted molar refractivity (Wildman–Crippen MR) is 98.4 cm³/mol. The first kappa shape index (κ1) is 18.0. The molecule has 1 aromatic carbocycles. The summed E-state index contributed by atoms with van der Waals surface area (Å²) in [5, 5.41) is 16.5. The number of nitrogens with one attached hydrogen (secondary N) is 2. The first-order valence-corrected chi connectivity index (χ1v) is 8.75. The monoisotopic (exact) mass is 383 g/mol. The Balaban J connectivity index is 2.36. The first-order chi connectivity index (χ1) is 11.7. The van der Waals surface area contributed by atoms with Crippen molar-refractivity contribution < 1.29 is 14.7 Å². The van der Waals surface area contributed by atoms with E-state index in [1.165, 1.54) is 6.92 Å². The van der Waals surface area contributed by atoms with Crippen LogP contribution in [0.15, 0.2) is 6.07 Å². The molecule has 2 aromatic rings. The first-order valence-electron chi connectivity index (χ1n) is 7.99. The third-order valence-corrected chi connectivity index (χ3v) is 5.42. The zero-order valence-electron chi connectivity index (χ0n) is 14.1. The number of anilines is 1. The number of carbonyl (C=O) groups excluding carboxylic acids is 2. The lowest BCUT2D eigenvalue weighted by Crippen LogP contribution is -2.27. The molecular weight excluding hydrogens is 365 g/mol. The molecule has 0 radical (unpaired) electrons. The van der Waals surface area contributed by atoms with Gasteiger partial charge in [0.05, 0.1) is 27.2 Å². The smallest absolute Gasteiger partial charge is 0.252 e. The lowest BCUT2D eigenvalue weighted by atomic mass is 9.96. The normalized spacial score (nSPS) is 18.5. The summed E-state index contributed by atoms with van der Waals surface area (Å²) in [6.45, 7) is 3.73. The van der Waals surface area contributed by atoms with Crippen molar-refractivity contribution >= 4 is 51.6 Å². The van der Waals surface area contributed by atoms with Crippen molar-refractivity contribution in [3.63, 3.8) is 0 Å². The number of aromatic nitrogens is 1. The Morgan fingerprint density at radius 1 is 1.48 bits per heavy atom. The van der Waals surface area contributed by atoms with E-state index in [1.807, 2.05) is 18.5 Å². The van der Waals surface area contributed by atoms with E-state index in [4.69, 9.17) is 23.2 Å². The highest BCUT2D eigenvalue weighted by Crippen LogP contribution is 2.43. The minimum Gasteiger partial charge on any atom is -0.384 e. The molecule has 2 atom stereocenters. The average Bonchev–Trinajstić information content (AvgIpc) is 2.75. The number of aliphatic hydroxyl groups excluding tert-OH is 1. The van der Waals surface area contributed by atoms with E-state index in [0.717, 1.165) is 11.3 Å². The largest absolute Gasteiger partial charge is 0.384 e. The molecule has 0 saturated heterocycles. The molecule has 2 amide bonds. The van der Waals surface area contributed by atoms with Crippen LogP contribution in [0, 0.1) is 0 Å². The van der Waals surface area contributed by atoms with Gasteiger partial charge in [-0.3, -0.25) is 9.59 Å². The molecule has 1 unspecified atom stereocenters. The van der Waals surface area contributed by atoms with Gasteiger partial charge in [0, 0.05) is 31.1 Å². The highest BCUT2D eigenvalue weighted by atomic mass is 35.5. The van der Waals surface area contributed by atoms with E-state index in [-0.39, 0.29) is 5.91 Å². The van der Waals surface area contributed by atoms with Gasteiger partial charge in [0.25, 0.3) is 5.91 Å². The second-order valence-electron chi connectivity index (χ2n) is 6.29. The molecule has 6 nitrogen and oxygen atoms in total. The van der Waals surface area contributed by atoms with E-state index >= 15 is 0 Å². The maximum Gasteiger partial charge on any atom is 0.252 e. The quantitative estimate of drug-likeness (QED) is 0.744. The Bertz CT molecular complexity index is 889. The van der Waals surface area contributed by atoms with E-state index in [1.54, 1.807) is 6.07 Å². The zero-order valence-corrected chi connectivity index (χ0v) is 15.6. The van der Waals surface area contributed by atoms with Gasteiger partial charge >= 0.3 is 0 Å². The van der Waals surface area contributed by atoms with Crippen LogP contribution < -0.4 is 10.6 Å². The number of aryl methyl sites for hydroxylation is 1. The fourth-order valence-corrected chi connectivity index (χ4v) is 3.83. The number of carbonyl (C=O) groups is 2. The fourth-order valence-electron chi connectivity index (χ4n) is 3.35. The molecule has 0 spiro atoms. The number of hydrogen-bond acceptors (Lipinski definition) is 3. The molecule has 0 saturated carbocycles. The highest BCUT2D eigenvalue weighted by Gasteiger charge is 2.30. The van der Waals surface area contributed by atoms with Gasteiger partial charge in [-0.05, 0) is 25.5 Å². The summed E-state index contributed by atoms with van der Waals surface area (Å²) in [5.41, 5.74) is 2.90. The van der Waals surface area contributed by atoms with Crippen LogP contribution in [0.1, 0.15) is 31.0 Å². The van der Waals surface area contributed by atoms with E-state index in [9.17, 15) is 14.7 Å². The van der Waals surface area contributed by atoms with Gasteiger partial charge in [0.1, 0.15) is 6.10 Å². The number of amides is 2. The van der Waals surface area contributed by atoms with Crippen LogP contribution in [-0.2, 0) is 23.1 Å². The Kier molecular flexibility index (Phi) is 4.70. The molecule has 134 valence electrons. The van der Waals surface area contributed by atoms with Crippen LogP contribution in [0.4, 0.5) is 5.69 Å². The molecule has 1 aliphatic heterocycles. The van der Waals surface area contributed by atoms with Crippen molar-refractivity contribution in [1.82, 2.24) is 9.88 Å². The molecule has 0 bridgehead atoms. The van der Waals surface area contributed by atoms with Gasteiger partial charge in [-0.2, -0.15) is 0 Å². The second kappa shape index (κ2) is 6.52. The lowest BCUT2D eigenvalue weighted by Gasteiger charge is -2.14. The van der Waals surface area contributed by atoms with Crippen LogP contribution in [0.25, 0.3) is 10.9 Å². The molecule has 3 N–H and O–H groups in total. The summed E-state index contributed by atoms with van der Waals surface area (Å²) < 4.78 is 1.92. The molecule has 0 aliphatic carbocycles. The van der Waals surface area contributed by atoms with Gasteiger partial charge in [-0.15, -0.1) is 0 Å². The Morgan fingerprint density at radius 3 is 2.80 bits per heavy atom. The van der Waals surface area contributed by atoms with E-state index in [2.05, 4.69) is 10.6 Å². The summed E-state index contributed by atoms with van der Waals surface area (Å²) in [7, 11) is 1.87. The molecule has 3 rings (SSSR count). The molecule has 2 heterocycles. The van der Waals surface area contributed by atoms with Crippen molar-refractivity contribution in [2.45, 2.75) is 32.3 Å².